The zero-order valence-corrected chi connectivity index (χ0v) is 12.6. The Kier molecular flexibility index (Phi) is 5.67. The van der Waals surface area contributed by atoms with Crippen LogP contribution in [0.4, 0.5) is 0 Å². The molecule has 16 heavy (non-hydrogen) atoms. The van der Waals surface area contributed by atoms with Crippen LogP contribution in [0.2, 0.25) is 0 Å². The number of nitrogens with two attached hydrogens (primary N) is 1. The van der Waals surface area contributed by atoms with E-state index in [1.165, 1.54) is 0 Å². The van der Waals surface area contributed by atoms with Gasteiger partial charge < -0.3 is 0 Å². The van der Waals surface area contributed by atoms with Crippen LogP contribution in [0.5, 0.6) is 0 Å². The summed E-state index contributed by atoms with van der Waals surface area (Å²) in [5, 5.41) is 3.02. The van der Waals surface area contributed by atoms with Crippen molar-refractivity contribution in [1.82, 2.24) is 9.76 Å². The topological polar surface area (TPSA) is 58.4 Å². The van der Waals surface area contributed by atoms with E-state index in [2.05, 4.69) is 25.9 Å². The molecule has 0 rings (SSSR count). The van der Waals surface area contributed by atoms with E-state index in [0.29, 0.717) is 6.54 Å². The first-order valence-corrected chi connectivity index (χ1v) is 7.63. The highest BCUT2D eigenvalue weighted by Gasteiger charge is 2.31. The Morgan fingerprint density at radius 3 is 1.81 bits per heavy atom. The third-order valence-electron chi connectivity index (χ3n) is 2.24. The van der Waals surface area contributed by atoms with Gasteiger partial charge in [0.2, 0.25) is 0 Å². The Balaban J connectivity index is 4.68. The predicted octanol–water partition coefficient (Wildman–Crippen LogP) is 2.81. The minimum absolute atomic E-state index is 0.0780. The normalized spacial score (nSPS) is 17.2. The van der Waals surface area contributed by atoms with E-state index in [9.17, 15) is 4.57 Å². The number of rotatable bonds is 5. The Labute approximate surface area is 100 Å². The molecule has 5 heteroatoms. The van der Waals surface area contributed by atoms with E-state index in [4.69, 9.17) is 5.50 Å². The van der Waals surface area contributed by atoms with Crippen LogP contribution in [-0.4, -0.2) is 23.3 Å². The lowest BCUT2D eigenvalue weighted by Crippen LogP contribution is -2.43. The third kappa shape index (κ3) is 5.44. The Hall–Kier alpha value is 0.110. The summed E-state index contributed by atoms with van der Waals surface area (Å²) in [6.45, 7) is 15.0. The average molecular weight is 249 g/mol. The molecule has 3 N–H and O–H groups in total. The molecule has 1 unspecified atom stereocenters. The third-order valence-corrected chi connectivity index (χ3v) is 4.46. The van der Waals surface area contributed by atoms with Crippen molar-refractivity contribution in [2.75, 3.05) is 6.54 Å². The molecule has 0 aromatic heterocycles. The molecule has 1 atom stereocenters. The average Bonchev–Trinajstić information content (AvgIpc) is 1.97. The van der Waals surface area contributed by atoms with E-state index < -0.39 is 7.59 Å². The number of hydrogen-bond donors (Lipinski definition) is 2. The van der Waals surface area contributed by atoms with Gasteiger partial charge in [0.1, 0.15) is 0 Å². The summed E-state index contributed by atoms with van der Waals surface area (Å²) in [4.78, 5) is 0. The van der Waals surface area contributed by atoms with Gasteiger partial charge in [-0.1, -0.05) is 20.8 Å². The van der Waals surface area contributed by atoms with Gasteiger partial charge in [-0.3, -0.25) is 10.1 Å². The molecular formula is C11H28N3OP. The van der Waals surface area contributed by atoms with E-state index in [0.717, 1.165) is 0 Å². The van der Waals surface area contributed by atoms with Gasteiger partial charge in [-0.25, -0.2) is 9.76 Å². The smallest absolute Gasteiger partial charge is 0.271 e. The first-order chi connectivity index (χ1) is 6.97. The van der Waals surface area contributed by atoms with Gasteiger partial charge >= 0.3 is 0 Å². The Bertz CT molecular complexity index is 250. The molecule has 0 bridgehead atoms. The first kappa shape index (κ1) is 16.1. The Morgan fingerprint density at radius 2 is 1.56 bits per heavy atom. The van der Waals surface area contributed by atoms with Gasteiger partial charge in [0.25, 0.3) is 7.59 Å². The zero-order valence-electron chi connectivity index (χ0n) is 11.7. The van der Waals surface area contributed by atoms with Crippen molar-refractivity contribution in [3.63, 3.8) is 0 Å². The quantitative estimate of drug-likeness (QED) is 0.736. The van der Waals surface area contributed by atoms with E-state index in [1.54, 1.807) is 0 Å². The maximum absolute atomic E-state index is 12.4. The van der Waals surface area contributed by atoms with Crippen LogP contribution in [-0.2, 0) is 4.57 Å². The van der Waals surface area contributed by atoms with E-state index in [-0.39, 0.29) is 17.5 Å². The maximum Gasteiger partial charge on any atom is 0.279 e. The molecule has 0 aromatic carbocycles. The van der Waals surface area contributed by atoms with Crippen molar-refractivity contribution in [3.05, 3.63) is 0 Å². The number of nitrogens with zero attached hydrogens (tertiary/aromatic N) is 1. The molecule has 0 radical (unpaired) electrons. The van der Waals surface area contributed by atoms with Gasteiger partial charge in [0, 0.05) is 18.6 Å². The molecule has 0 aliphatic heterocycles. The summed E-state index contributed by atoms with van der Waals surface area (Å²) in [5.41, 5.74) is 6.02. The summed E-state index contributed by atoms with van der Waals surface area (Å²) >= 11 is 0. The summed E-state index contributed by atoms with van der Waals surface area (Å²) in [6.07, 6.45) is 0. The van der Waals surface area contributed by atoms with Crippen LogP contribution >= 0.6 is 7.59 Å². The van der Waals surface area contributed by atoms with Crippen LogP contribution in [0.25, 0.3) is 0 Å². The molecule has 4 nitrogen and oxygen atoms in total. The van der Waals surface area contributed by atoms with Gasteiger partial charge in [-0.15, -0.1) is 0 Å². The summed E-state index contributed by atoms with van der Waals surface area (Å²) in [6, 6.07) is 0.339. The van der Waals surface area contributed by atoms with Gasteiger partial charge in [0.05, 0.1) is 0 Å². The van der Waals surface area contributed by atoms with Crippen molar-refractivity contribution in [1.29, 1.82) is 0 Å². The molecule has 0 spiro atoms. The van der Waals surface area contributed by atoms with Crippen LogP contribution in [0.1, 0.15) is 48.5 Å². The number of hydrogen-bond acceptors (Lipinski definition) is 1. The molecule has 0 saturated heterocycles. The predicted molar refractivity (Wildman–Crippen MR) is 71.4 cm³/mol. The second-order valence-electron chi connectivity index (χ2n) is 6.09. The van der Waals surface area contributed by atoms with Crippen LogP contribution < -0.4 is 10.6 Å². The zero-order chi connectivity index (χ0) is 13.1. The Morgan fingerprint density at radius 1 is 1.19 bits per heavy atom. The van der Waals surface area contributed by atoms with Crippen LogP contribution in [0.3, 0.4) is 0 Å². The van der Waals surface area contributed by atoms with Crippen molar-refractivity contribution in [2.24, 2.45) is 10.9 Å². The minimum atomic E-state index is -2.93. The van der Waals surface area contributed by atoms with Gasteiger partial charge in [-0.05, 0) is 33.1 Å². The highest BCUT2D eigenvalue weighted by atomic mass is 31.2. The fourth-order valence-electron chi connectivity index (χ4n) is 1.71. The maximum atomic E-state index is 12.4. The second-order valence-corrected chi connectivity index (χ2v) is 8.11. The van der Waals surface area contributed by atoms with Crippen molar-refractivity contribution in [3.8, 4) is 0 Å². The number of nitrogens with one attached hydrogen (secondary N) is 1. The lowest BCUT2D eigenvalue weighted by atomic mass is 9.98. The van der Waals surface area contributed by atoms with Gasteiger partial charge in [-0.2, -0.15) is 0 Å². The minimum Gasteiger partial charge on any atom is -0.271 e. The second kappa shape index (κ2) is 5.63. The first-order valence-electron chi connectivity index (χ1n) is 5.90. The van der Waals surface area contributed by atoms with E-state index in [1.807, 2.05) is 32.4 Å². The summed E-state index contributed by atoms with van der Waals surface area (Å²) < 4.78 is 14.3. The molecule has 98 valence electrons. The molecule has 0 aromatic rings. The van der Waals surface area contributed by atoms with Crippen molar-refractivity contribution < 1.29 is 4.57 Å². The lowest BCUT2D eigenvalue weighted by molar-refractivity contribution is 0.288. The highest BCUT2D eigenvalue weighted by molar-refractivity contribution is 7.56. The molecular weight excluding hydrogens is 221 g/mol. The summed E-state index contributed by atoms with van der Waals surface area (Å²) in [7, 11) is -2.93. The summed E-state index contributed by atoms with van der Waals surface area (Å²) in [5.74, 6) is 0. The molecule has 0 heterocycles. The highest BCUT2D eigenvalue weighted by Crippen LogP contribution is 2.40. The lowest BCUT2D eigenvalue weighted by Gasteiger charge is -2.36. The molecule has 0 fully saturated rings. The fourth-order valence-corrected chi connectivity index (χ4v) is 3.95. The molecule has 0 aliphatic carbocycles. The van der Waals surface area contributed by atoms with Crippen LogP contribution in [0, 0.1) is 5.41 Å². The van der Waals surface area contributed by atoms with Crippen LogP contribution in [0.15, 0.2) is 0 Å². The fraction of sp³-hybridized carbons (Fsp3) is 1.00. The van der Waals surface area contributed by atoms with Crippen molar-refractivity contribution >= 4 is 7.59 Å². The molecule has 0 aliphatic rings. The molecule has 0 saturated carbocycles. The van der Waals surface area contributed by atoms with E-state index >= 15 is 0 Å². The van der Waals surface area contributed by atoms with Gasteiger partial charge in [0.15, 0.2) is 0 Å². The largest absolute Gasteiger partial charge is 0.279 e. The van der Waals surface area contributed by atoms with Crippen molar-refractivity contribution in [2.45, 2.75) is 60.5 Å². The molecule has 0 amide bonds. The standard InChI is InChI=1S/C11H28N3OP/c1-9(2)14(10(3)4)16(12,15)13-8-11(5,6)7/h9-10H,8H2,1-7H3,(H3,12,13,15). The monoisotopic (exact) mass is 249 g/mol. The SMILES string of the molecule is CC(C)N(C(C)C)P(N)(=O)NCC(C)(C)C.